The molecule has 3 nitrogen and oxygen atoms in total. The lowest BCUT2D eigenvalue weighted by molar-refractivity contribution is -0.0571. The summed E-state index contributed by atoms with van der Waals surface area (Å²) < 4.78 is 0. The van der Waals surface area contributed by atoms with Gasteiger partial charge in [-0.15, -0.1) is 0 Å². The van der Waals surface area contributed by atoms with E-state index in [1.165, 1.54) is 65.1 Å². The molecule has 0 saturated carbocycles. The largest absolute Gasteiger partial charge is 0.302 e. The van der Waals surface area contributed by atoms with Gasteiger partial charge in [-0.2, -0.15) is 0 Å². The van der Waals surface area contributed by atoms with Crippen LogP contribution in [0.15, 0.2) is 0 Å². The van der Waals surface area contributed by atoms with Gasteiger partial charge in [-0.3, -0.25) is 0 Å². The average molecular weight is 293 g/mol. The van der Waals surface area contributed by atoms with E-state index in [-0.39, 0.29) is 0 Å². The summed E-state index contributed by atoms with van der Waals surface area (Å²) in [5.41, 5.74) is 0.696. The van der Waals surface area contributed by atoms with Crippen molar-refractivity contribution in [3.63, 3.8) is 0 Å². The van der Waals surface area contributed by atoms with Crippen LogP contribution in [0.3, 0.4) is 0 Å². The summed E-state index contributed by atoms with van der Waals surface area (Å²) >= 11 is 0. The van der Waals surface area contributed by atoms with Crippen molar-refractivity contribution < 1.29 is 0 Å². The first-order valence-electron chi connectivity index (χ1n) is 9.18. The van der Waals surface area contributed by atoms with Crippen molar-refractivity contribution in [1.82, 2.24) is 14.7 Å². The number of hydrogen-bond donors (Lipinski definition) is 0. The van der Waals surface area contributed by atoms with E-state index in [0.29, 0.717) is 5.41 Å². The molecule has 1 atom stereocenters. The van der Waals surface area contributed by atoms with Gasteiger partial charge in [-0.25, -0.2) is 0 Å². The summed E-state index contributed by atoms with van der Waals surface area (Å²) in [5, 5.41) is 0. The predicted octanol–water partition coefficient (Wildman–Crippen LogP) is 2.52. The third kappa shape index (κ3) is 3.46. The van der Waals surface area contributed by atoms with E-state index in [2.05, 4.69) is 42.4 Å². The van der Waals surface area contributed by atoms with E-state index in [9.17, 15) is 0 Å². The van der Waals surface area contributed by atoms with Crippen molar-refractivity contribution in [3.8, 4) is 0 Å². The van der Waals surface area contributed by atoms with Crippen LogP contribution in [0, 0.1) is 11.3 Å². The van der Waals surface area contributed by atoms with Crippen LogP contribution in [0.5, 0.6) is 0 Å². The highest BCUT2D eigenvalue weighted by molar-refractivity contribution is 4.99. The van der Waals surface area contributed by atoms with Gasteiger partial charge in [0.25, 0.3) is 0 Å². The molecule has 3 saturated heterocycles. The molecule has 0 aromatic heterocycles. The Morgan fingerprint density at radius 1 is 0.905 bits per heavy atom. The van der Waals surface area contributed by atoms with E-state index in [1.807, 2.05) is 0 Å². The fourth-order valence-electron chi connectivity index (χ4n) is 4.71. The zero-order valence-electron chi connectivity index (χ0n) is 14.6. The fraction of sp³-hybridized carbons (Fsp3) is 1.00. The van der Waals surface area contributed by atoms with E-state index in [4.69, 9.17) is 0 Å². The highest BCUT2D eigenvalue weighted by Crippen LogP contribution is 2.41. The molecule has 3 aliphatic heterocycles. The molecule has 21 heavy (non-hydrogen) atoms. The highest BCUT2D eigenvalue weighted by Gasteiger charge is 2.45. The van der Waals surface area contributed by atoms with Crippen LogP contribution in [-0.4, -0.2) is 72.6 Å². The van der Waals surface area contributed by atoms with Gasteiger partial charge in [0.05, 0.1) is 0 Å². The first kappa shape index (κ1) is 15.8. The molecule has 0 N–H and O–H groups in total. The minimum atomic E-state index is 0.696. The minimum absolute atomic E-state index is 0.696. The van der Waals surface area contributed by atoms with Crippen molar-refractivity contribution >= 4 is 0 Å². The Morgan fingerprint density at radius 3 is 2.05 bits per heavy atom. The maximum absolute atomic E-state index is 2.75. The van der Waals surface area contributed by atoms with Crippen LogP contribution in [0.1, 0.15) is 47.0 Å². The van der Waals surface area contributed by atoms with Crippen LogP contribution in [0.4, 0.5) is 0 Å². The van der Waals surface area contributed by atoms with Gasteiger partial charge >= 0.3 is 0 Å². The van der Waals surface area contributed by atoms with Crippen molar-refractivity contribution in [1.29, 1.82) is 0 Å². The molecular formula is C18H35N3. The molecule has 3 heterocycles. The molecule has 1 spiro atoms. The van der Waals surface area contributed by atoms with Crippen molar-refractivity contribution in [2.75, 3.05) is 45.8 Å². The molecule has 0 aromatic rings. The lowest BCUT2D eigenvalue weighted by Crippen LogP contribution is -2.61. The van der Waals surface area contributed by atoms with Gasteiger partial charge < -0.3 is 14.7 Å². The number of nitrogens with zero attached hydrogens (tertiary/aromatic N) is 3. The Morgan fingerprint density at radius 2 is 1.52 bits per heavy atom. The smallest absolute Gasteiger partial charge is 0.00516 e. The molecule has 0 aromatic carbocycles. The summed E-state index contributed by atoms with van der Waals surface area (Å²) in [7, 11) is 0. The van der Waals surface area contributed by atoms with Crippen LogP contribution >= 0.6 is 0 Å². The van der Waals surface area contributed by atoms with Crippen molar-refractivity contribution in [2.24, 2.45) is 11.3 Å². The molecule has 0 radical (unpaired) electrons. The Hall–Kier alpha value is -0.120. The second-order valence-corrected chi connectivity index (χ2v) is 8.54. The normalized spacial score (nSPS) is 31.4. The molecule has 3 rings (SSSR count). The van der Waals surface area contributed by atoms with Gasteiger partial charge in [-0.1, -0.05) is 0 Å². The monoisotopic (exact) mass is 293 g/mol. The van der Waals surface area contributed by atoms with Gasteiger partial charge in [0.2, 0.25) is 0 Å². The third-order valence-corrected chi connectivity index (χ3v) is 6.27. The number of rotatable bonds is 4. The zero-order valence-corrected chi connectivity index (χ0v) is 14.6. The molecule has 0 amide bonds. The van der Waals surface area contributed by atoms with Gasteiger partial charge in [0, 0.05) is 38.3 Å². The quantitative estimate of drug-likeness (QED) is 0.788. The molecule has 0 aliphatic carbocycles. The van der Waals surface area contributed by atoms with Gasteiger partial charge in [-0.05, 0) is 77.9 Å². The fourth-order valence-corrected chi connectivity index (χ4v) is 4.71. The van der Waals surface area contributed by atoms with Gasteiger partial charge in [0.15, 0.2) is 0 Å². The molecule has 0 bridgehead atoms. The first-order chi connectivity index (χ1) is 9.97. The maximum Gasteiger partial charge on any atom is 0.00516 e. The highest BCUT2D eigenvalue weighted by atomic mass is 15.2. The van der Waals surface area contributed by atoms with Crippen LogP contribution in [0.25, 0.3) is 0 Å². The van der Waals surface area contributed by atoms with Crippen LogP contribution in [-0.2, 0) is 0 Å². The summed E-state index contributed by atoms with van der Waals surface area (Å²) in [6.45, 7) is 18.8. The number of hydrogen-bond acceptors (Lipinski definition) is 3. The predicted molar refractivity (Wildman–Crippen MR) is 89.6 cm³/mol. The topological polar surface area (TPSA) is 9.72 Å². The summed E-state index contributed by atoms with van der Waals surface area (Å²) in [6.07, 6.45) is 4.29. The molecule has 0 unspecified atom stereocenters. The Kier molecular flexibility index (Phi) is 4.63. The Labute approximate surface area is 131 Å². The second-order valence-electron chi connectivity index (χ2n) is 8.54. The molecule has 3 aliphatic rings. The molecule has 3 heteroatoms. The number of likely N-dealkylation sites (tertiary alicyclic amines) is 3. The number of piperidine rings is 1. The van der Waals surface area contributed by atoms with E-state index < -0.39 is 0 Å². The third-order valence-electron chi connectivity index (χ3n) is 6.27. The standard InChI is InChI=1S/C18H35N3/c1-15(2)20-9-6-18(7-10-20)13-19(14-18)11-17-5-8-21(12-17)16(3)4/h15-17H,5-14H2,1-4H3/t17-/m0/s1. The van der Waals surface area contributed by atoms with Crippen molar-refractivity contribution in [3.05, 3.63) is 0 Å². The molecule has 3 fully saturated rings. The van der Waals surface area contributed by atoms with E-state index in [1.54, 1.807) is 0 Å². The first-order valence-corrected chi connectivity index (χ1v) is 9.18. The average Bonchev–Trinajstić information content (AvgIpc) is 2.86. The Balaban J connectivity index is 1.39. The lowest BCUT2D eigenvalue weighted by atomic mass is 9.71. The van der Waals surface area contributed by atoms with Crippen LogP contribution < -0.4 is 0 Å². The van der Waals surface area contributed by atoms with Gasteiger partial charge in [0.1, 0.15) is 0 Å². The molecular weight excluding hydrogens is 258 g/mol. The second kappa shape index (κ2) is 6.17. The molecule has 122 valence electrons. The van der Waals surface area contributed by atoms with Crippen molar-refractivity contribution in [2.45, 2.75) is 59.0 Å². The minimum Gasteiger partial charge on any atom is -0.302 e. The maximum atomic E-state index is 2.75. The summed E-state index contributed by atoms with van der Waals surface area (Å²) in [4.78, 5) is 8.06. The van der Waals surface area contributed by atoms with E-state index >= 15 is 0 Å². The Bertz CT molecular complexity index is 336. The summed E-state index contributed by atoms with van der Waals surface area (Å²) in [5.74, 6) is 0.931. The van der Waals surface area contributed by atoms with E-state index in [0.717, 1.165) is 18.0 Å². The summed E-state index contributed by atoms with van der Waals surface area (Å²) in [6, 6.07) is 1.47. The lowest BCUT2D eigenvalue weighted by Gasteiger charge is -2.55. The zero-order chi connectivity index (χ0) is 15.0. The van der Waals surface area contributed by atoms with Crippen LogP contribution in [0.2, 0.25) is 0 Å². The SMILES string of the molecule is CC(C)N1CCC2(CC1)CN(C[C@@H]1CCN(C(C)C)C1)C2.